The van der Waals surface area contributed by atoms with Crippen molar-refractivity contribution in [1.82, 2.24) is 0 Å². The number of hydrogen-bond donors (Lipinski definition) is 1. The molecule has 0 heterocycles. The van der Waals surface area contributed by atoms with Gasteiger partial charge in [-0.1, -0.05) is 31.2 Å². The molecule has 2 aromatic rings. The van der Waals surface area contributed by atoms with Gasteiger partial charge in [0, 0.05) is 18.7 Å². The first-order chi connectivity index (χ1) is 11.4. The van der Waals surface area contributed by atoms with Gasteiger partial charge in [-0.05, 0) is 65.4 Å². The first-order valence-corrected chi connectivity index (χ1v) is 9.02. The van der Waals surface area contributed by atoms with E-state index in [4.69, 9.17) is 4.74 Å². The van der Waals surface area contributed by atoms with Gasteiger partial charge < -0.3 is 10.1 Å². The van der Waals surface area contributed by atoms with E-state index in [0.29, 0.717) is 0 Å². The second-order valence-electron chi connectivity index (χ2n) is 6.13. The van der Waals surface area contributed by atoms with E-state index in [1.54, 1.807) is 0 Å². The Morgan fingerprint density at radius 2 is 1.79 bits per heavy atom. The number of carbonyl (C=O) groups is 1. The molecule has 1 amide bonds. The summed E-state index contributed by atoms with van der Waals surface area (Å²) in [6.45, 7) is 7.63. The van der Waals surface area contributed by atoms with E-state index in [2.05, 4.69) is 52.4 Å². The van der Waals surface area contributed by atoms with Crippen molar-refractivity contribution in [2.45, 2.75) is 46.6 Å². The molecule has 2 rings (SSSR count). The third kappa shape index (κ3) is 5.10. The summed E-state index contributed by atoms with van der Waals surface area (Å²) in [7, 11) is 0. The molecule has 0 unspecified atom stereocenters. The fraction of sp³-hybridized carbons (Fsp3) is 0.350. The zero-order chi connectivity index (χ0) is 17.7. The van der Waals surface area contributed by atoms with Crippen molar-refractivity contribution in [2.75, 3.05) is 5.32 Å². The summed E-state index contributed by atoms with van der Waals surface area (Å²) in [5.74, 6) is 0.647. The zero-order valence-electron chi connectivity index (χ0n) is 14.7. The molecule has 0 spiro atoms. The second kappa shape index (κ2) is 8.34. The maximum Gasteiger partial charge on any atom is 0.221 e. The molecular formula is C20H24BrNO2. The molecule has 0 aromatic heterocycles. The molecule has 0 atom stereocenters. The predicted molar refractivity (Wildman–Crippen MR) is 103 cm³/mol. The Morgan fingerprint density at radius 3 is 2.33 bits per heavy atom. The Labute approximate surface area is 152 Å². The zero-order valence-corrected chi connectivity index (χ0v) is 16.2. The highest BCUT2D eigenvalue weighted by Crippen LogP contribution is 2.33. The van der Waals surface area contributed by atoms with Crippen molar-refractivity contribution in [3.63, 3.8) is 0 Å². The molecule has 4 heteroatoms. The first kappa shape index (κ1) is 18.5. The Hall–Kier alpha value is -1.81. The summed E-state index contributed by atoms with van der Waals surface area (Å²) in [6, 6.07) is 12.5. The van der Waals surface area contributed by atoms with Crippen molar-refractivity contribution < 1.29 is 9.53 Å². The Bertz CT molecular complexity index is 708. The number of hydrogen-bond acceptors (Lipinski definition) is 2. The van der Waals surface area contributed by atoms with Gasteiger partial charge in [0.1, 0.15) is 5.75 Å². The number of rotatable bonds is 6. The van der Waals surface area contributed by atoms with Crippen molar-refractivity contribution in [1.29, 1.82) is 0 Å². The lowest BCUT2D eigenvalue weighted by atomic mass is 10.0. The van der Waals surface area contributed by atoms with Crippen LogP contribution in [0.3, 0.4) is 0 Å². The molecule has 0 radical (unpaired) electrons. The van der Waals surface area contributed by atoms with Crippen LogP contribution < -0.4 is 10.1 Å². The summed E-state index contributed by atoms with van der Waals surface area (Å²) in [6.07, 6.45) is 1.85. The van der Waals surface area contributed by atoms with E-state index >= 15 is 0 Å². The van der Waals surface area contributed by atoms with E-state index in [0.717, 1.165) is 34.3 Å². The lowest BCUT2D eigenvalue weighted by molar-refractivity contribution is -0.114. The molecule has 2 aromatic carbocycles. The molecular weight excluding hydrogens is 366 g/mol. The van der Waals surface area contributed by atoms with Gasteiger partial charge in [-0.15, -0.1) is 0 Å². The van der Waals surface area contributed by atoms with Crippen LogP contribution in [0.4, 0.5) is 5.69 Å². The Balaban J connectivity index is 2.35. The van der Waals surface area contributed by atoms with Crippen LogP contribution in [-0.2, 0) is 17.6 Å². The quantitative estimate of drug-likeness (QED) is 0.722. The summed E-state index contributed by atoms with van der Waals surface area (Å²) in [5.41, 5.74) is 4.38. The lowest BCUT2D eigenvalue weighted by Crippen LogP contribution is -2.11. The maximum atomic E-state index is 11.6. The van der Waals surface area contributed by atoms with Crippen LogP contribution in [0, 0.1) is 0 Å². The summed E-state index contributed by atoms with van der Waals surface area (Å²) in [5, 5.41) is 2.92. The minimum absolute atomic E-state index is 0.0684. The van der Waals surface area contributed by atoms with Crippen LogP contribution >= 0.6 is 15.9 Å². The van der Waals surface area contributed by atoms with E-state index in [1.165, 1.54) is 18.1 Å². The highest BCUT2D eigenvalue weighted by molar-refractivity contribution is 9.10. The number of anilines is 1. The molecule has 0 saturated carbocycles. The smallest absolute Gasteiger partial charge is 0.221 e. The molecule has 0 fully saturated rings. The standard InChI is InChI=1S/C20H24BrNO2/c1-5-15-6-8-16(9-7-15)10-17-11-18(21)20(24-13(2)3)12-19(17)22-14(4)23/h6-9,11-13H,5,10H2,1-4H3,(H,22,23). The molecule has 0 saturated heterocycles. The molecule has 24 heavy (non-hydrogen) atoms. The van der Waals surface area contributed by atoms with E-state index < -0.39 is 0 Å². The van der Waals surface area contributed by atoms with E-state index in [9.17, 15) is 4.79 Å². The monoisotopic (exact) mass is 389 g/mol. The second-order valence-corrected chi connectivity index (χ2v) is 6.99. The first-order valence-electron chi connectivity index (χ1n) is 8.23. The molecule has 3 nitrogen and oxygen atoms in total. The van der Waals surface area contributed by atoms with Crippen LogP contribution in [0.15, 0.2) is 40.9 Å². The van der Waals surface area contributed by atoms with Crippen LogP contribution in [0.2, 0.25) is 0 Å². The summed E-state index contributed by atoms with van der Waals surface area (Å²) in [4.78, 5) is 11.6. The van der Waals surface area contributed by atoms with E-state index in [1.807, 2.05) is 26.0 Å². The molecule has 128 valence electrons. The van der Waals surface area contributed by atoms with Gasteiger partial charge in [0.05, 0.1) is 10.6 Å². The average molecular weight is 390 g/mol. The fourth-order valence-corrected chi connectivity index (χ4v) is 2.99. The van der Waals surface area contributed by atoms with Gasteiger partial charge in [-0.25, -0.2) is 0 Å². The van der Waals surface area contributed by atoms with Crippen LogP contribution in [-0.4, -0.2) is 12.0 Å². The third-order valence-electron chi connectivity index (χ3n) is 3.66. The number of ether oxygens (including phenoxy) is 1. The molecule has 0 aliphatic heterocycles. The van der Waals surface area contributed by atoms with Crippen molar-refractivity contribution in [2.24, 2.45) is 0 Å². The lowest BCUT2D eigenvalue weighted by Gasteiger charge is -2.17. The highest BCUT2D eigenvalue weighted by atomic mass is 79.9. The molecule has 0 aliphatic rings. The largest absolute Gasteiger partial charge is 0.490 e. The number of nitrogens with one attached hydrogen (secondary N) is 1. The van der Waals surface area contributed by atoms with Gasteiger partial charge in [0.25, 0.3) is 0 Å². The maximum absolute atomic E-state index is 11.6. The summed E-state index contributed by atoms with van der Waals surface area (Å²) < 4.78 is 6.70. The molecule has 1 N–H and O–H groups in total. The number of benzene rings is 2. The fourth-order valence-electron chi connectivity index (χ4n) is 2.50. The van der Waals surface area contributed by atoms with Crippen molar-refractivity contribution >= 4 is 27.5 Å². The molecule has 0 aliphatic carbocycles. The Kier molecular flexibility index (Phi) is 6.44. The van der Waals surface area contributed by atoms with Gasteiger partial charge in [-0.2, -0.15) is 0 Å². The van der Waals surface area contributed by atoms with E-state index in [-0.39, 0.29) is 12.0 Å². The van der Waals surface area contributed by atoms with Gasteiger partial charge in [0.15, 0.2) is 0 Å². The number of amides is 1. The van der Waals surface area contributed by atoms with Gasteiger partial charge in [0.2, 0.25) is 5.91 Å². The SMILES string of the molecule is CCc1ccc(Cc2cc(Br)c(OC(C)C)cc2NC(C)=O)cc1. The third-order valence-corrected chi connectivity index (χ3v) is 4.28. The Morgan fingerprint density at radius 1 is 1.17 bits per heavy atom. The number of carbonyl (C=O) groups excluding carboxylic acids is 1. The average Bonchev–Trinajstić information content (AvgIpc) is 2.51. The number of halogens is 1. The van der Waals surface area contributed by atoms with Crippen molar-refractivity contribution in [3.05, 3.63) is 57.6 Å². The molecule has 0 bridgehead atoms. The minimum Gasteiger partial charge on any atom is -0.490 e. The topological polar surface area (TPSA) is 38.3 Å². The van der Waals surface area contributed by atoms with Gasteiger partial charge >= 0.3 is 0 Å². The van der Waals surface area contributed by atoms with Crippen LogP contribution in [0.1, 0.15) is 44.4 Å². The normalized spacial score (nSPS) is 10.8. The van der Waals surface area contributed by atoms with Gasteiger partial charge in [-0.3, -0.25) is 4.79 Å². The number of aryl methyl sites for hydroxylation is 1. The predicted octanol–water partition coefficient (Wildman–Crippen LogP) is 5.35. The highest BCUT2D eigenvalue weighted by Gasteiger charge is 2.12. The summed E-state index contributed by atoms with van der Waals surface area (Å²) >= 11 is 3.57. The van der Waals surface area contributed by atoms with Crippen LogP contribution in [0.5, 0.6) is 5.75 Å². The minimum atomic E-state index is -0.0876. The van der Waals surface area contributed by atoms with Crippen LogP contribution in [0.25, 0.3) is 0 Å². The van der Waals surface area contributed by atoms with Crippen molar-refractivity contribution in [3.8, 4) is 5.75 Å².